The zero-order valence-corrected chi connectivity index (χ0v) is 15.1. The lowest BCUT2D eigenvalue weighted by Crippen LogP contribution is -2.45. The van der Waals surface area contributed by atoms with Gasteiger partial charge in [-0.3, -0.25) is 0 Å². The van der Waals surface area contributed by atoms with Crippen molar-refractivity contribution in [1.82, 2.24) is 14.1 Å². The summed E-state index contributed by atoms with van der Waals surface area (Å²) < 4.78 is 34.6. The number of sulfonamides is 1. The van der Waals surface area contributed by atoms with E-state index in [2.05, 4.69) is 0 Å². The van der Waals surface area contributed by atoms with Crippen molar-refractivity contribution < 1.29 is 27.5 Å². The van der Waals surface area contributed by atoms with Crippen LogP contribution in [-0.4, -0.2) is 73.8 Å². The highest BCUT2D eigenvalue weighted by atomic mass is 32.2. The summed E-state index contributed by atoms with van der Waals surface area (Å²) in [4.78, 5) is 27.5. The number of nitrogens with zero attached hydrogens (tertiary/aromatic N) is 3. The number of amides is 4. The number of imide groups is 1. The highest BCUT2D eigenvalue weighted by molar-refractivity contribution is 7.88. The molecule has 3 aliphatic heterocycles. The highest BCUT2D eigenvalue weighted by Crippen LogP contribution is 2.37. The van der Waals surface area contributed by atoms with Gasteiger partial charge in [-0.25, -0.2) is 27.2 Å². The van der Waals surface area contributed by atoms with Gasteiger partial charge in [0, 0.05) is 19.0 Å². The predicted molar refractivity (Wildman–Crippen MR) is 90.5 cm³/mol. The first kappa shape index (κ1) is 17.0. The molecule has 0 N–H and O–H groups in total. The van der Waals surface area contributed by atoms with E-state index in [1.165, 1.54) is 0 Å². The van der Waals surface area contributed by atoms with Gasteiger partial charge >= 0.3 is 12.1 Å². The van der Waals surface area contributed by atoms with Gasteiger partial charge in [-0.15, -0.1) is 0 Å². The minimum atomic E-state index is -3.66. The summed E-state index contributed by atoms with van der Waals surface area (Å²) in [5.74, 6) is 1.55. The van der Waals surface area contributed by atoms with E-state index in [1.807, 2.05) is 18.2 Å². The summed E-state index contributed by atoms with van der Waals surface area (Å²) in [6.07, 6.45) is 1.73. The molecule has 2 fully saturated rings. The molecule has 0 aromatic heterocycles. The van der Waals surface area contributed by atoms with Crippen LogP contribution in [0, 0.1) is 0 Å². The lowest BCUT2D eigenvalue weighted by Gasteiger charge is -2.23. The van der Waals surface area contributed by atoms with Crippen LogP contribution in [-0.2, 0) is 10.0 Å². The van der Waals surface area contributed by atoms with Crippen molar-refractivity contribution in [2.24, 2.45) is 0 Å². The number of ether oxygens (including phenoxy) is 2. The zero-order chi connectivity index (χ0) is 18.5. The van der Waals surface area contributed by atoms with E-state index in [4.69, 9.17) is 9.47 Å². The molecule has 3 heterocycles. The average Bonchev–Trinajstić information content (AvgIpc) is 3.31. The van der Waals surface area contributed by atoms with Crippen molar-refractivity contribution >= 4 is 22.1 Å². The Morgan fingerprint density at radius 1 is 1.15 bits per heavy atom. The second-order valence-corrected chi connectivity index (χ2v) is 8.50. The van der Waals surface area contributed by atoms with Crippen LogP contribution in [0.25, 0.3) is 0 Å². The first-order chi connectivity index (χ1) is 12.3. The molecule has 26 heavy (non-hydrogen) atoms. The molecule has 3 aliphatic rings. The molecule has 1 aromatic carbocycles. The van der Waals surface area contributed by atoms with E-state index in [9.17, 15) is 18.0 Å². The van der Waals surface area contributed by atoms with E-state index < -0.39 is 22.1 Å². The van der Waals surface area contributed by atoms with Gasteiger partial charge in [0.1, 0.15) is 0 Å². The Kier molecular flexibility index (Phi) is 3.94. The molecular formula is C16H19N3O6S. The molecule has 4 rings (SSSR count). The van der Waals surface area contributed by atoms with Crippen molar-refractivity contribution in [2.75, 3.05) is 39.2 Å². The van der Waals surface area contributed by atoms with Crippen LogP contribution in [0.1, 0.15) is 17.9 Å². The molecule has 1 aromatic rings. The largest absolute Gasteiger partial charge is 0.454 e. The Morgan fingerprint density at radius 2 is 1.92 bits per heavy atom. The minimum absolute atomic E-state index is 0.00281. The topological polar surface area (TPSA) is 96.5 Å². The Morgan fingerprint density at radius 3 is 2.65 bits per heavy atom. The quantitative estimate of drug-likeness (QED) is 0.759. The number of rotatable bonds is 2. The standard InChI is InChI=1S/C16H19N3O6S/c1-26(22,23)19-7-6-18(16(19)21)15(20)17-5-4-12(9-17)11-2-3-13-14(8-11)25-10-24-13/h2-3,8,12H,4-7,9-10H2,1H3. The number of fused-ring (bicyclic) bond motifs is 1. The third-order valence-corrected chi connectivity index (χ3v) is 6.07. The lowest BCUT2D eigenvalue weighted by molar-refractivity contribution is 0.169. The Bertz CT molecular complexity index is 871. The molecule has 9 nitrogen and oxygen atoms in total. The maximum atomic E-state index is 12.7. The van der Waals surface area contributed by atoms with Crippen molar-refractivity contribution in [2.45, 2.75) is 12.3 Å². The minimum Gasteiger partial charge on any atom is -0.454 e. The molecule has 1 atom stereocenters. The average molecular weight is 381 g/mol. The van der Waals surface area contributed by atoms with Crippen molar-refractivity contribution in [1.29, 1.82) is 0 Å². The summed E-state index contributed by atoms with van der Waals surface area (Å²) >= 11 is 0. The summed E-state index contributed by atoms with van der Waals surface area (Å²) in [5, 5.41) is 0. The van der Waals surface area contributed by atoms with Crippen LogP contribution in [0.5, 0.6) is 11.5 Å². The number of likely N-dealkylation sites (tertiary alicyclic amines) is 1. The number of benzene rings is 1. The van der Waals surface area contributed by atoms with E-state index in [0.717, 1.165) is 27.4 Å². The van der Waals surface area contributed by atoms with Crippen LogP contribution in [0.4, 0.5) is 9.59 Å². The molecule has 0 aliphatic carbocycles. The predicted octanol–water partition coefficient (Wildman–Crippen LogP) is 1.02. The second-order valence-electron chi connectivity index (χ2n) is 6.60. The van der Waals surface area contributed by atoms with Crippen LogP contribution in [0.15, 0.2) is 18.2 Å². The highest BCUT2D eigenvalue weighted by Gasteiger charge is 2.41. The van der Waals surface area contributed by atoms with Crippen LogP contribution < -0.4 is 9.47 Å². The van der Waals surface area contributed by atoms with Crippen molar-refractivity contribution in [3.63, 3.8) is 0 Å². The monoisotopic (exact) mass is 381 g/mol. The fourth-order valence-corrected chi connectivity index (χ4v) is 4.34. The first-order valence-corrected chi connectivity index (χ1v) is 10.2. The molecule has 1 unspecified atom stereocenters. The maximum Gasteiger partial charge on any atom is 0.341 e. The fourth-order valence-electron chi connectivity index (χ4n) is 3.55. The molecule has 10 heteroatoms. The molecule has 0 radical (unpaired) electrons. The van der Waals surface area contributed by atoms with Gasteiger partial charge in [-0.2, -0.15) is 0 Å². The van der Waals surface area contributed by atoms with Gasteiger partial charge in [-0.1, -0.05) is 6.07 Å². The van der Waals surface area contributed by atoms with Gasteiger partial charge in [0.25, 0.3) is 0 Å². The smallest absolute Gasteiger partial charge is 0.341 e. The molecule has 140 valence electrons. The Hall–Kier alpha value is -2.49. The second kappa shape index (κ2) is 6.04. The lowest BCUT2D eigenvalue weighted by atomic mass is 9.98. The third kappa shape index (κ3) is 2.83. The number of urea groups is 2. The molecule has 4 amide bonds. The van der Waals surface area contributed by atoms with Crippen LogP contribution in [0.2, 0.25) is 0 Å². The van der Waals surface area contributed by atoms with Gasteiger partial charge in [0.05, 0.1) is 19.3 Å². The van der Waals surface area contributed by atoms with Crippen molar-refractivity contribution in [3.8, 4) is 11.5 Å². The van der Waals surface area contributed by atoms with E-state index >= 15 is 0 Å². The molecule has 0 saturated carbocycles. The normalized spacial score (nSPS) is 22.4. The molecular weight excluding hydrogens is 362 g/mol. The Labute approximate surface area is 151 Å². The third-order valence-electron chi connectivity index (χ3n) is 4.93. The zero-order valence-electron chi connectivity index (χ0n) is 14.3. The molecule has 0 bridgehead atoms. The molecule has 0 spiro atoms. The summed E-state index contributed by atoms with van der Waals surface area (Å²) in [7, 11) is -3.66. The first-order valence-electron chi connectivity index (χ1n) is 8.32. The van der Waals surface area contributed by atoms with Crippen LogP contribution >= 0.6 is 0 Å². The van der Waals surface area contributed by atoms with E-state index in [-0.39, 0.29) is 25.8 Å². The summed E-state index contributed by atoms with van der Waals surface area (Å²) in [6, 6.07) is 4.52. The molecule has 2 saturated heterocycles. The van der Waals surface area contributed by atoms with E-state index in [1.54, 1.807) is 4.90 Å². The van der Waals surface area contributed by atoms with Gasteiger partial charge < -0.3 is 14.4 Å². The van der Waals surface area contributed by atoms with Gasteiger partial charge in [-0.05, 0) is 24.1 Å². The fraction of sp³-hybridized carbons (Fsp3) is 0.500. The summed E-state index contributed by atoms with van der Waals surface area (Å²) in [5.41, 5.74) is 1.05. The number of carbonyl (C=O) groups excluding carboxylic acids is 2. The summed E-state index contributed by atoms with van der Waals surface area (Å²) in [6.45, 7) is 1.28. The van der Waals surface area contributed by atoms with Gasteiger partial charge in [0.2, 0.25) is 16.8 Å². The number of hydrogen-bond donors (Lipinski definition) is 0. The number of carbonyl (C=O) groups is 2. The Balaban J connectivity index is 1.44. The van der Waals surface area contributed by atoms with Crippen molar-refractivity contribution in [3.05, 3.63) is 23.8 Å². The maximum absolute atomic E-state index is 12.7. The van der Waals surface area contributed by atoms with Crippen LogP contribution in [0.3, 0.4) is 0 Å². The van der Waals surface area contributed by atoms with Gasteiger partial charge in [0.15, 0.2) is 11.5 Å². The van der Waals surface area contributed by atoms with E-state index in [0.29, 0.717) is 24.6 Å². The SMILES string of the molecule is CS(=O)(=O)N1CCN(C(=O)N2CCC(c3ccc4c(c3)OCO4)C2)C1=O. The number of hydrogen-bond acceptors (Lipinski definition) is 6.